The minimum atomic E-state index is -0.866. The van der Waals surface area contributed by atoms with Gasteiger partial charge in [-0.25, -0.2) is 0 Å². The Bertz CT molecular complexity index is 728. The molecular weight excluding hydrogens is 292 g/mol. The van der Waals surface area contributed by atoms with E-state index in [9.17, 15) is 14.4 Å². The van der Waals surface area contributed by atoms with E-state index in [2.05, 4.69) is 5.32 Å². The lowest BCUT2D eigenvalue weighted by Crippen LogP contribution is -2.61. The predicted molar refractivity (Wildman–Crippen MR) is 84.1 cm³/mol. The van der Waals surface area contributed by atoms with Crippen molar-refractivity contribution in [3.8, 4) is 0 Å². The second kappa shape index (κ2) is 6.44. The van der Waals surface area contributed by atoms with Crippen molar-refractivity contribution < 1.29 is 14.4 Å². The molecule has 3 amide bonds. The highest BCUT2D eigenvalue weighted by atomic mass is 16.2. The summed E-state index contributed by atoms with van der Waals surface area (Å²) in [5.74, 6) is -1.97. The zero-order chi connectivity index (χ0) is 16.2. The fourth-order valence-electron chi connectivity index (χ4n) is 2.66. The van der Waals surface area contributed by atoms with Crippen LogP contribution < -0.4 is 5.32 Å². The van der Waals surface area contributed by atoms with E-state index in [0.717, 1.165) is 11.1 Å². The first-order valence-electron chi connectivity index (χ1n) is 7.39. The van der Waals surface area contributed by atoms with E-state index < -0.39 is 23.8 Å². The number of piperazine rings is 1. The van der Waals surface area contributed by atoms with E-state index in [4.69, 9.17) is 0 Å². The molecule has 1 N–H and O–H groups in total. The van der Waals surface area contributed by atoms with Crippen LogP contribution in [-0.2, 0) is 27.3 Å². The van der Waals surface area contributed by atoms with Gasteiger partial charge < -0.3 is 4.90 Å². The van der Waals surface area contributed by atoms with Gasteiger partial charge in [-0.2, -0.15) is 0 Å². The lowest BCUT2D eigenvalue weighted by molar-refractivity contribution is -0.157. The molecule has 1 aliphatic rings. The zero-order valence-corrected chi connectivity index (χ0v) is 12.4. The van der Waals surface area contributed by atoms with E-state index >= 15 is 0 Å². The maximum Gasteiger partial charge on any atom is 0.316 e. The topological polar surface area (TPSA) is 66.5 Å². The summed E-state index contributed by atoms with van der Waals surface area (Å²) in [5, 5.41) is 2.15. The van der Waals surface area contributed by atoms with Crippen LogP contribution in [0.4, 0.5) is 0 Å². The molecule has 5 heteroatoms. The highest BCUT2D eigenvalue weighted by Gasteiger charge is 2.39. The monoisotopic (exact) mass is 308 g/mol. The van der Waals surface area contributed by atoms with Gasteiger partial charge in [-0.3, -0.25) is 19.7 Å². The zero-order valence-electron chi connectivity index (χ0n) is 12.4. The van der Waals surface area contributed by atoms with E-state index in [0.29, 0.717) is 6.42 Å². The van der Waals surface area contributed by atoms with Gasteiger partial charge in [-0.1, -0.05) is 60.7 Å². The third-order valence-electron chi connectivity index (χ3n) is 3.84. The molecule has 0 unspecified atom stereocenters. The second-order valence-electron chi connectivity index (χ2n) is 5.44. The average molecular weight is 308 g/mol. The SMILES string of the molecule is O=C1NC(=O)[C@H](Cc2ccccc2)N(Cc2ccccc2)C1=O. The molecule has 2 aromatic carbocycles. The molecule has 1 atom stereocenters. The molecule has 0 spiro atoms. The number of nitrogens with zero attached hydrogens (tertiary/aromatic N) is 1. The third-order valence-corrected chi connectivity index (χ3v) is 3.84. The molecule has 0 aromatic heterocycles. The van der Waals surface area contributed by atoms with Crippen molar-refractivity contribution in [1.82, 2.24) is 10.2 Å². The highest BCUT2D eigenvalue weighted by Crippen LogP contribution is 2.16. The molecular formula is C18H16N2O3. The van der Waals surface area contributed by atoms with Crippen LogP contribution in [0.25, 0.3) is 0 Å². The summed E-state index contributed by atoms with van der Waals surface area (Å²) in [5.41, 5.74) is 1.81. The molecule has 3 rings (SSSR count). The number of nitrogens with one attached hydrogen (secondary N) is 1. The number of imide groups is 1. The van der Waals surface area contributed by atoms with Crippen LogP contribution >= 0.6 is 0 Å². The minimum Gasteiger partial charge on any atom is -0.318 e. The molecule has 2 aromatic rings. The standard InChI is InChI=1S/C18H16N2O3/c21-16-15(11-13-7-3-1-4-8-13)20(18(23)17(22)19-16)12-14-9-5-2-6-10-14/h1-10,15H,11-12H2,(H,19,21,22)/t15-/m0/s1. The van der Waals surface area contributed by atoms with Crippen LogP contribution in [0.2, 0.25) is 0 Å². The first kappa shape index (κ1) is 15.0. The van der Waals surface area contributed by atoms with Crippen LogP contribution in [-0.4, -0.2) is 28.7 Å². The molecule has 116 valence electrons. The predicted octanol–water partition coefficient (Wildman–Crippen LogP) is 1.28. The molecule has 1 fully saturated rings. The Kier molecular flexibility index (Phi) is 4.19. The Morgan fingerprint density at radius 1 is 0.826 bits per heavy atom. The number of hydrogen-bond donors (Lipinski definition) is 1. The summed E-state index contributed by atoms with van der Waals surface area (Å²) in [7, 11) is 0. The van der Waals surface area contributed by atoms with Gasteiger partial charge in [-0.05, 0) is 11.1 Å². The summed E-state index contributed by atoms with van der Waals surface area (Å²) in [4.78, 5) is 37.5. The first-order valence-corrected chi connectivity index (χ1v) is 7.39. The lowest BCUT2D eigenvalue weighted by atomic mass is 10.0. The third kappa shape index (κ3) is 3.29. The van der Waals surface area contributed by atoms with Crippen LogP contribution in [0.5, 0.6) is 0 Å². The smallest absolute Gasteiger partial charge is 0.316 e. The van der Waals surface area contributed by atoms with E-state index in [1.165, 1.54) is 4.90 Å². The molecule has 0 aliphatic carbocycles. The summed E-state index contributed by atoms with van der Waals surface area (Å²) in [6, 6.07) is 18.1. The van der Waals surface area contributed by atoms with E-state index in [1.54, 1.807) is 0 Å². The molecule has 23 heavy (non-hydrogen) atoms. The van der Waals surface area contributed by atoms with Gasteiger partial charge >= 0.3 is 11.8 Å². The fourth-order valence-corrected chi connectivity index (χ4v) is 2.66. The summed E-state index contributed by atoms with van der Waals surface area (Å²) in [6.07, 6.45) is 0.374. The Hall–Kier alpha value is -2.95. The van der Waals surface area contributed by atoms with E-state index in [1.807, 2.05) is 60.7 Å². The van der Waals surface area contributed by atoms with Crippen molar-refractivity contribution >= 4 is 17.7 Å². The number of carbonyl (C=O) groups is 3. The van der Waals surface area contributed by atoms with Crippen molar-refractivity contribution in [1.29, 1.82) is 0 Å². The van der Waals surface area contributed by atoms with Gasteiger partial charge in [-0.15, -0.1) is 0 Å². The maximum absolute atomic E-state index is 12.2. The van der Waals surface area contributed by atoms with Crippen LogP contribution in [0.15, 0.2) is 60.7 Å². The largest absolute Gasteiger partial charge is 0.318 e. The van der Waals surface area contributed by atoms with Crippen molar-refractivity contribution in [2.24, 2.45) is 0 Å². The van der Waals surface area contributed by atoms with Gasteiger partial charge in [0.25, 0.3) is 0 Å². The van der Waals surface area contributed by atoms with Crippen LogP contribution in [0, 0.1) is 0 Å². The van der Waals surface area contributed by atoms with Crippen molar-refractivity contribution in [3.05, 3.63) is 71.8 Å². The number of carbonyl (C=O) groups excluding carboxylic acids is 3. The van der Waals surface area contributed by atoms with Gasteiger partial charge in [0, 0.05) is 13.0 Å². The molecule has 1 aliphatic heterocycles. The molecule has 1 saturated heterocycles. The Labute approximate surface area is 133 Å². The minimum absolute atomic E-state index is 0.232. The molecule has 1 heterocycles. The molecule has 0 saturated carbocycles. The Morgan fingerprint density at radius 3 is 2.00 bits per heavy atom. The van der Waals surface area contributed by atoms with Crippen molar-refractivity contribution in [2.75, 3.05) is 0 Å². The van der Waals surface area contributed by atoms with Gasteiger partial charge in [0.15, 0.2) is 0 Å². The average Bonchev–Trinajstić information content (AvgIpc) is 2.58. The highest BCUT2D eigenvalue weighted by molar-refractivity contribution is 6.40. The van der Waals surface area contributed by atoms with Gasteiger partial charge in [0.2, 0.25) is 5.91 Å². The van der Waals surface area contributed by atoms with Gasteiger partial charge in [0.1, 0.15) is 6.04 Å². The fraction of sp³-hybridized carbons (Fsp3) is 0.167. The van der Waals surface area contributed by atoms with Crippen molar-refractivity contribution in [2.45, 2.75) is 19.0 Å². The van der Waals surface area contributed by atoms with Crippen LogP contribution in [0.3, 0.4) is 0 Å². The lowest BCUT2D eigenvalue weighted by Gasteiger charge is -2.34. The summed E-state index contributed by atoms with van der Waals surface area (Å²) in [6.45, 7) is 0.232. The normalized spacial score (nSPS) is 18.0. The molecule has 5 nitrogen and oxygen atoms in total. The number of hydrogen-bond acceptors (Lipinski definition) is 3. The number of amides is 3. The van der Waals surface area contributed by atoms with Crippen LogP contribution in [0.1, 0.15) is 11.1 Å². The first-order chi connectivity index (χ1) is 11.1. The Morgan fingerprint density at radius 2 is 1.39 bits per heavy atom. The number of rotatable bonds is 4. The second-order valence-corrected chi connectivity index (χ2v) is 5.44. The quantitative estimate of drug-likeness (QED) is 0.683. The Balaban J connectivity index is 1.87. The number of benzene rings is 2. The molecule has 0 bridgehead atoms. The molecule has 0 radical (unpaired) electrons. The van der Waals surface area contributed by atoms with Gasteiger partial charge in [0.05, 0.1) is 0 Å². The summed E-state index contributed by atoms with van der Waals surface area (Å²) < 4.78 is 0. The van der Waals surface area contributed by atoms with Crippen molar-refractivity contribution in [3.63, 3.8) is 0 Å². The summed E-state index contributed by atoms with van der Waals surface area (Å²) >= 11 is 0. The maximum atomic E-state index is 12.2. The van der Waals surface area contributed by atoms with E-state index in [-0.39, 0.29) is 6.54 Å².